The van der Waals surface area contributed by atoms with Crippen LogP contribution >= 0.6 is 0 Å². The molecule has 1 aromatic rings. The number of benzene rings is 1. The molecule has 0 unspecified atom stereocenters. The monoisotopic (exact) mass is 276 g/mol. The highest BCUT2D eigenvalue weighted by Crippen LogP contribution is 2.28. The highest BCUT2D eigenvalue weighted by Gasteiger charge is 2.32. The topological polar surface area (TPSA) is 41.6 Å². The Morgan fingerprint density at radius 1 is 1.45 bits per heavy atom. The van der Waals surface area contributed by atoms with Crippen LogP contribution in [0.2, 0.25) is 0 Å². The lowest BCUT2D eigenvalue weighted by Gasteiger charge is -2.22. The number of hydrogen-bond acceptors (Lipinski definition) is 3. The maximum absolute atomic E-state index is 12.6. The Kier molecular flexibility index (Phi) is 5.01. The van der Waals surface area contributed by atoms with Crippen LogP contribution in [0, 0.1) is 6.92 Å². The average Bonchev–Trinajstić information content (AvgIpc) is 3.26. The van der Waals surface area contributed by atoms with Crippen LogP contribution in [0.5, 0.6) is 0 Å². The first-order chi connectivity index (χ1) is 9.67. The van der Waals surface area contributed by atoms with Crippen LogP contribution in [-0.2, 0) is 4.74 Å². The molecule has 0 aliphatic heterocycles. The highest BCUT2D eigenvalue weighted by molar-refractivity contribution is 5.95. The van der Waals surface area contributed by atoms with E-state index in [1.807, 2.05) is 30.0 Å². The third kappa shape index (κ3) is 3.51. The van der Waals surface area contributed by atoms with Crippen molar-refractivity contribution >= 4 is 11.6 Å². The van der Waals surface area contributed by atoms with Crippen LogP contribution in [-0.4, -0.2) is 43.7 Å². The molecule has 0 atom stereocenters. The second-order valence-corrected chi connectivity index (χ2v) is 5.28. The molecule has 20 heavy (non-hydrogen) atoms. The Morgan fingerprint density at radius 3 is 2.75 bits per heavy atom. The fourth-order valence-corrected chi connectivity index (χ4v) is 2.38. The summed E-state index contributed by atoms with van der Waals surface area (Å²) < 4.78 is 5.11. The summed E-state index contributed by atoms with van der Waals surface area (Å²) in [4.78, 5) is 14.6. The number of carbonyl (C=O) groups excluding carboxylic acids is 1. The molecule has 0 radical (unpaired) electrons. The number of methoxy groups -OCH3 is 1. The number of aryl methyl sites for hydroxylation is 1. The number of anilines is 1. The van der Waals surface area contributed by atoms with Crippen molar-refractivity contribution in [3.05, 3.63) is 29.3 Å². The highest BCUT2D eigenvalue weighted by atomic mass is 16.5. The van der Waals surface area contributed by atoms with Gasteiger partial charge in [0.2, 0.25) is 0 Å². The van der Waals surface area contributed by atoms with Crippen LogP contribution in [0.1, 0.15) is 35.7 Å². The van der Waals surface area contributed by atoms with Crippen LogP contribution < -0.4 is 5.32 Å². The molecular weight excluding hydrogens is 252 g/mol. The summed E-state index contributed by atoms with van der Waals surface area (Å²) in [7, 11) is 1.67. The maximum Gasteiger partial charge on any atom is 0.254 e. The van der Waals surface area contributed by atoms with Gasteiger partial charge >= 0.3 is 0 Å². The Bertz CT molecular complexity index is 470. The standard InChI is InChI=1S/C16H24N2O2/c1-4-17-15-8-5-13(11-12(15)2)16(19)18(9-10-20-3)14-6-7-14/h5,8,11,14,17H,4,6-7,9-10H2,1-3H3. The lowest BCUT2D eigenvalue weighted by atomic mass is 10.1. The van der Waals surface area contributed by atoms with Gasteiger partial charge in [0.15, 0.2) is 0 Å². The summed E-state index contributed by atoms with van der Waals surface area (Å²) in [6.07, 6.45) is 2.23. The third-order valence-corrected chi connectivity index (χ3v) is 3.63. The van der Waals surface area contributed by atoms with E-state index in [0.29, 0.717) is 19.2 Å². The number of rotatable bonds is 7. The largest absolute Gasteiger partial charge is 0.385 e. The number of amides is 1. The minimum Gasteiger partial charge on any atom is -0.385 e. The number of nitrogens with one attached hydrogen (secondary N) is 1. The summed E-state index contributed by atoms with van der Waals surface area (Å²) in [5.74, 6) is 0.121. The molecule has 0 aromatic heterocycles. The molecule has 0 saturated heterocycles. The zero-order valence-corrected chi connectivity index (χ0v) is 12.6. The fourth-order valence-electron chi connectivity index (χ4n) is 2.38. The van der Waals surface area contributed by atoms with Crippen molar-refractivity contribution in [1.82, 2.24) is 4.90 Å². The van der Waals surface area contributed by atoms with E-state index in [9.17, 15) is 4.79 Å². The van der Waals surface area contributed by atoms with E-state index >= 15 is 0 Å². The van der Waals surface area contributed by atoms with Crippen LogP contribution in [0.4, 0.5) is 5.69 Å². The number of nitrogens with zero attached hydrogens (tertiary/aromatic N) is 1. The van der Waals surface area contributed by atoms with E-state index in [1.54, 1.807) is 7.11 Å². The smallest absolute Gasteiger partial charge is 0.254 e. The van der Waals surface area contributed by atoms with Crippen molar-refractivity contribution in [1.29, 1.82) is 0 Å². The van der Waals surface area contributed by atoms with Gasteiger partial charge in [-0.1, -0.05) is 0 Å². The van der Waals surface area contributed by atoms with Gasteiger partial charge in [-0.15, -0.1) is 0 Å². The minimum absolute atomic E-state index is 0.121. The molecule has 1 fully saturated rings. The summed E-state index contributed by atoms with van der Waals surface area (Å²) in [6, 6.07) is 6.29. The second kappa shape index (κ2) is 6.75. The van der Waals surface area contributed by atoms with Crippen molar-refractivity contribution in [2.75, 3.05) is 32.1 Å². The molecule has 110 valence electrons. The van der Waals surface area contributed by atoms with E-state index in [1.165, 1.54) is 0 Å². The molecule has 1 aromatic carbocycles. The predicted octanol–water partition coefficient (Wildman–Crippen LogP) is 2.68. The number of ether oxygens (including phenoxy) is 1. The quantitative estimate of drug-likeness (QED) is 0.832. The van der Waals surface area contributed by atoms with E-state index < -0.39 is 0 Å². The first-order valence-electron chi connectivity index (χ1n) is 7.31. The van der Waals surface area contributed by atoms with Crippen LogP contribution in [0.15, 0.2) is 18.2 Å². The Labute approximate surface area is 121 Å². The Hall–Kier alpha value is -1.55. The zero-order valence-electron chi connectivity index (χ0n) is 12.6. The van der Waals surface area contributed by atoms with Crippen molar-refractivity contribution in [2.45, 2.75) is 32.7 Å². The van der Waals surface area contributed by atoms with Crippen molar-refractivity contribution in [3.63, 3.8) is 0 Å². The van der Waals surface area contributed by atoms with E-state index in [2.05, 4.69) is 12.2 Å². The SMILES string of the molecule is CCNc1ccc(C(=O)N(CCOC)C2CC2)cc1C. The van der Waals surface area contributed by atoms with Crippen molar-refractivity contribution in [3.8, 4) is 0 Å². The maximum atomic E-state index is 12.6. The molecule has 4 heteroatoms. The first kappa shape index (κ1) is 14.9. The van der Waals surface area contributed by atoms with Gasteiger partial charge in [0.25, 0.3) is 5.91 Å². The summed E-state index contributed by atoms with van der Waals surface area (Å²) in [5.41, 5.74) is 2.98. The number of hydrogen-bond donors (Lipinski definition) is 1. The van der Waals surface area contributed by atoms with Crippen LogP contribution in [0.25, 0.3) is 0 Å². The van der Waals surface area contributed by atoms with Gasteiger partial charge < -0.3 is 15.0 Å². The molecule has 2 rings (SSSR count). The molecule has 0 bridgehead atoms. The van der Waals surface area contributed by atoms with Crippen molar-refractivity contribution in [2.24, 2.45) is 0 Å². The fraction of sp³-hybridized carbons (Fsp3) is 0.562. The molecule has 0 spiro atoms. The normalized spacial score (nSPS) is 14.2. The Morgan fingerprint density at radius 2 is 2.20 bits per heavy atom. The van der Waals surface area contributed by atoms with Gasteiger partial charge in [-0.05, 0) is 50.5 Å². The lowest BCUT2D eigenvalue weighted by molar-refractivity contribution is 0.0680. The van der Waals surface area contributed by atoms with Gasteiger partial charge in [0.05, 0.1) is 6.61 Å². The predicted molar refractivity (Wildman–Crippen MR) is 81.3 cm³/mol. The molecule has 1 aliphatic rings. The molecule has 1 amide bonds. The molecule has 0 heterocycles. The van der Waals surface area contributed by atoms with E-state index in [-0.39, 0.29) is 5.91 Å². The number of carbonyl (C=O) groups is 1. The van der Waals surface area contributed by atoms with Gasteiger partial charge in [-0.3, -0.25) is 4.79 Å². The Balaban J connectivity index is 2.12. The third-order valence-electron chi connectivity index (χ3n) is 3.63. The van der Waals surface area contributed by atoms with Gasteiger partial charge in [-0.2, -0.15) is 0 Å². The molecule has 1 saturated carbocycles. The van der Waals surface area contributed by atoms with Crippen molar-refractivity contribution < 1.29 is 9.53 Å². The van der Waals surface area contributed by atoms with E-state index in [4.69, 9.17) is 4.74 Å². The summed E-state index contributed by atoms with van der Waals surface area (Å²) >= 11 is 0. The molecule has 1 aliphatic carbocycles. The van der Waals surface area contributed by atoms with E-state index in [0.717, 1.165) is 36.2 Å². The summed E-state index contributed by atoms with van der Waals surface area (Å²) in [5, 5.41) is 3.30. The average molecular weight is 276 g/mol. The second-order valence-electron chi connectivity index (χ2n) is 5.28. The first-order valence-corrected chi connectivity index (χ1v) is 7.31. The van der Waals surface area contributed by atoms with Gasteiger partial charge in [0.1, 0.15) is 0 Å². The molecule has 1 N–H and O–H groups in total. The minimum atomic E-state index is 0.121. The molecule has 4 nitrogen and oxygen atoms in total. The van der Waals surface area contributed by atoms with Crippen LogP contribution in [0.3, 0.4) is 0 Å². The zero-order chi connectivity index (χ0) is 14.5. The van der Waals surface area contributed by atoms with Gasteiger partial charge in [0, 0.05) is 37.5 Å². The summed E-state index contributed by atoms with van der Waals surface area (Å²) in [6.45, 7) is 6.25. The van der Waals surface area contributed by atoms with Gasteiger partial charge in [-0.25, -0.2) is 0 Å². The molecular formula is C16H24N2O2. The lowest BCUT2D eigenvalue weighted by Crippen LogP contribution is -2.35.